The molecule has 5 heteroatoms. The van der Waals surface area contributed by atoms with Crippen LogP contribution in [0.1, 0.15) is 19.0 Å². The highest BCUT2D eigenvalue weighted by Crippen LogP contribution is 2.26. The highest BCUT2D eigenvalue weighted by Gasteiger charge is 2.07. The molecule has 2 aromatic rings. The molecule has 1 heterocycles. The zero-order valence-electron chi connectivity index (χ0n) is 9.75. The molecule has 0 unspecified atom stereocenters. The molecule has 2 rings (SSSR count). The topological polar surface area (TPSA) is 25.8 Å². The molecule has 0 amide bonds. The maximum absolute atomic E-state index is 6.00. The first-order valence-electron chi connectivity index (χ1n) is 5.58. The average molecular weight is 302 g/mol. The van der Waals surface area contributed by atoms with Crippen LogP contribution in [0.5, 0.6) is 0 Å². The van der Waals surface area contributed by atoms with Crippen molar-refractivity contribution in [3.05, 3.63) is 45.2 Å². The van der Waals surface area contributed by atoms with Gasteiger partial charge in [-0.25, -0.2) is 9.97 Å². The fourth-order valence-corrected chi connectivity index (χ4v) is 2.39. The van der Waals surface area contributed by atoms with Crippen LogP contribution < -0.4 is 0 Å². The molecule has 0 saturated carbocycles. The van der Waals surface area contributed by atoms with Gasteiger partial charge in [0.2, 0.25) is 0 Å². The van der Waals surface area contributed by atoms with Gasteiger partial charge in [0.1, 0.15) is 5.15 Å². The number of hydrogen-bond acceptors (Lipinski definition) is 2. The van der Waals surface area contributed by atoms with Crippen molar-refractivity contribution in [3.63, 3.8) is 0 Å². The molecule has 0 N–H and O–H groups in total. The number of aryl methyl sites for hydroxylation is 1. The van der Waals surface area contributed by atoms with Crippen LogP contribution in [-0.2, 0) is 6.42 Å². The largest absolute Gasteiger partial charge is 0.233 e. The van der Waals surface area contributed by atoms with Gasteiger partial charge < -0.3 is 0 Å². The minimum atomic E-state index is 0.430. The minimum Gasteiger partial charge on any atom is -0.233 e. The Morgan fingerprint density at radius 2 is 1.61 bits per heavy atom. The normalized spacial score (nSPS) is 10.7. The second kappa shape index (κ2) is 5.87. The summed E-state index contributed by atoms with van der Waals surface area (Å²) in [6.07, 6.45) is 1.87. The summed E-state index contributed by atoms with van der Waals surface area (Å²) < 4.78 is 0. The Kier molecular flexibility index (Phi) is 4.44. The lowest BCUT2D eigenvalue weighted by Crippen LogP contribution is -1.96. The van der Waals surface area contributed by atoms with Crippen molar-refractivity contribution in [2.45, 2.75) is 19.8 Å². The molecule has 0 spiro atoms. The number of benzene rings is 1. The zero-order chi connectivity index (χ0) is 13.1. The van der Waals surface area contributed by atoms with E-state index in [2.05, 4.69) is 16.9 Å². The summed E-state index contributed by atoms with van der Waals surface area (Å²) in [6, 6.07) is 6.99. The molecule has 0 aliphatic rings. The Morgan fingerprint density at radius 3 is 2.22 bits per heavy atom. The van der Waals surface area contributed by atoms with Gasteiger partial charge in [0.05, 0.1) is 0 Å². The van der Waals surface area contributed by atoms with Crippen molar-refractivity contribution in [1.82, 2.24) is 9.97 Å². The predicted molar refractivity (Wildman–Crippen MR) is 76.5 cm³/mol. The van der Waals surface area contributed by atoms with Crippen molar-refractivity contribution in [3.8, 4) is 11.4 Å². The van der Waals surface area contributed by atoms with Crippen LogP contribution in [-0.4, -0.2) is 9.97 Å². The lowest BCUT2D eigenvalue weighted by Gasteiger charge is -2.05. The third kappa shape index (κ3) is 3.35. The summed E-state index contributed by atoms with van der Waals surface area (Å²) in [6.45, 7) is 2.09. The molecule has 0 saturated heterocycles. The number of nitrogens with zero attached hydrogens (tertiary/aromatic N) is 2. The summed E-state index contributed by atoms with van der Waals surface area (Å²) in [7, 11) is 0. The van der Waals surface area contributed by atoms with E-state index in [1.54, 1.807) is 24.3 Å². The Morgan fingerprint density at radius 1 is 0.944 bits per heavy atom. The molecular weight excluding hydrogens is 291 g/mol. The maximum atomic E-state index is 6.00. The van der Waals surface area contributed by atoms with Crippen molar-refractivity contribution < 1.29 is 0 Å². The molecule has 0 aliphatic heterocycles. The Bertz CT molecular complexity index is 550. The van der Waals surface area contributed by atoms with Gasteiger partial charge in [-0.05, 0) is 30.7 Å². The SMILES string of the molecule is CCCc1cc(Cl)nc(-c2cc(Cl)cc(Cl)c2)n1. The molecule has 0 fully saturated rings. The van der Waals surface area contributed by atoms with E-state index in [0.29, 0.717) is 21.0 Å². The quantitative estimate of drug-likeness (QED) is 0.741. The van der Waals surface area contributed by atoms with Crippen molar-refractivity contribution in [2.75, 3.05) is 0 Å². The number of hydrogen-bond donors (Lipinski definition) is 0. The van der Waals surface area contributed by atoms with Crippen LogP contribution in [0.4, 0.5) is 0 Å². The lowest BCUT2D eigenvalue weighted by atomic mass is 10.2. The van der Waals surface area contributed by atoms with E-state index in [1.807, 2.05) is 0 Å². The summed E-state index contributed by atoms with van der Waals surface area (Å²) in [5, 5.41) is 1.54. The van der Waals surface area contributed by atoms with E-state index in [4.69, 9.17) is 34.8 Å². The van der Waals surface area contributed by atoms with Gasteiger partial charge >= 0.3 is 0 Å². The third-order valence-electron chi connectivity index (χ3n) is 2.37. The molecule has 0 atom stereocenters. The number of rotatable bonds is 3. The van der Waals surface area contributed by atoms with Crippen LogP contribution >= 0.6 is 34.8 Å². The number of halogens is 3. The Hall–Kier alpha value is -0.830. The first-order chi connectivity index (χ1) is 8.58. The van der Waals surface area contributed by atoms with Crippen LogP contribution in [0.25, 0.3) is 11.4 Å². The van der Waals surface area contributed by atoms with Crippen molar-refractivity contribution in [2.24, 2.45) is 0 Å². The highest BCUT2D eigenvalue weighted by molar-refractivity contribution is 6.35. The number of aromatic nitrogens is 2. The maximum Gasteiger partial charge on any atom is 0.161 e. The minimum absolute atomic E-state index is 0.430. The molecule has 94 valence electrons. The molecule has 1 aromatic heterocycles. The standard InChI is InChI=1S/C13H11Cl3N2/c1-2-3-11-7-12(16)18-13(17-11)8-4-9(14)6-10(15)5-8/h4-7H,2-3H2,1H3. The van der Waals surface area contributed by atoms with E-state index in [-0.39, 0.29) is 0 Å². The van der Waals surface area contributed by atoms with Crippen LogP contribution in [0.2, 0.25) is 15.2 Å². The van der Waals surface area contributed by atoms with Crippen LogP contribution in [0, 0.1) is 0 Å². The molecular formula is C13H11Cl3N2. The van der Waals surface area contributed by atoms with E-state index >= 15 is 0 Å². The molecule has 0 bridgehead atoms. The van der Waals surface area contributed by atoms with Gasteiger partial charge in [-0.15, -0.1) is 0 Å². The van der Waals surface area contributed by atoms with Gasteiger partial charge in [0.15, 0.2) is 5.82 Å². The van der Waals surface area contributed by atoms with E-state index in [0.717, 1.165) is 24.1 Å². The summed E-state index contributed by atoms with van der Waals surface area (Å²) >= 11 is 17.9. The van der Waals surface area contributed by atoms with Gasteiger partial charge in [-0.1, -0.05) is 48.1 Å². The first-order valence-corrected chi connectivity index (χ1v) is 6.72. The summed E-state index contributed by atoms with van der Waals surface area (Å²) in [5.74, 6) is 0.551. The van der Waals surface area contributed by atoms with Crippen molar-refractivity contribution in [1.29, 1.82) is 0 Å². The smallest absolute Gasteiger partial charge is 0.161 e. The second-order valence-electron chi connectivity index (χ2n) is 3.91. The monoisotopic (exact) mass is 300 g/mol. The Balaban J connectivity index is 2.49. The molecule has 2 nitrogen and oxygen atoms in total. The van der Waals surface area contributed by atoms with Gasteiger partial charge in [0.25, 0.3) is 0 Å². The average Bonchev–Trinajstić information content (AvgIpc) is 2.27. The van der Waals surface area contributed by atoms with Gasteiger partial charge in [-0.2, -0.15) is 0 Å². The summed E-state index contributed by atoms with van der Waals surface area (Å²) in [4.78, 5) is 8.67. The van der Waals surface area contributed by atoms with Crippen LogP contribution in [0.3, 0.4) is 0 Å². The van der Waals surface area contributed by atoms with Gasteiger partial charge in [0, 0.05) is 21.3 Å². The second-order valence-corrected chi connectivity index (χ2v) is 5.17. The highest BCUT2D eigenvalue weighted by atomic mass is 35.5. The third-order valence-corrected chi connectivity index (χ3v) is 3.00. The summed E-state index contributed by atoms with van der Waals surface area (Å²) in [5.41, 5.74) is 1.69. The first kappa shape index (κ1) is 13.6. The molecule has 1 aromatic carbocycles. The fourth-order valence-electron chi connectivity index (χ4n) is 1.66. The van der Waals surface area contributed by atoms with E-state index in [9.17, 15) is 0 Å². The lowest BCUT2D eigenvalue weighted by molar-refractivity contribution is 0.875. The van der Waals surface area contributed by atoms with Gasteiger partial charge in [-0.3, -0.25) is 0 Å². The van der Waals surface area contributed by atoms with E-state index < -0.39 is 0 Å². The molecule has 0 aliphatic carbocycles. The van der Waals surface area contributed by atoms with Crippen molar-refractivity contribution >= 4 is 34.8 Å². The fraction of sp³-hybridized carbons (Fsp3) is 0.231. The Labute approximate surface area is 121 Å². The van der Waals surface area contributed by atoms with E-state index in [1.165, 1.54) is 0 Å². The predicted octanol–water partition coefficient (Wildman–Crippen LogP) is 5.06. The zero-order valence-corrected chi connectivity index (χ0v) is 12.0. The molecule has 18 heavy (non-hydrogen) atoms. The van der Waals surface area contributed by atoms with Crippen LogP contribution in [0.15, 0.2) is 24.3 Å². The molecule has 0 radical (unpaired) electrons.